The van der Waals surface area contributed by atoms with Crippen molar-refractivity contribution in [3.63, 3.8) is 0 Å². The van der Waals surface area contributed by atoms with Crippen LogP contribution in [-0.4, -0.2) is 12.4 Å². The Morgan fingerprint density at radius 3 is 2.59 bits per heavy atom. The minimum absolute atomic E-state index is 0.137. The smallest absolute Gasteiger partial charge is 0.222 e. The highest BCUT2D eigenvalue weighted by molar-refractivity contribution is 6.08. The number of carbonyl (C=O) groups excluding carboxylic acids is 1. The van der Waals surface area contributed by atoms with Crippen LogP contribution in [0.15, 0.2) is 48.2 Å². The van der Waals surface area contributed by atoms with Crippen molar-refractivity contribution >= 4 is 11.9 Å². The van der Waals surface area contributed by atoms with E-state index in [-0.39, 0.29) is 11.5 Å². The molecule has 17 heavy (non-hydrogen) atoms. The second-order valence-electron chi connectivity index (χ2n) is 3.84. The van der Waals surface area contributed by atoms with E-state index in [1.807, 2.05) is 43.3 Å². The first-order valence-electron chi connectivity index (χ1n) is 5.75. The fraction of sp³-hybridized carbons (Fsp3) is 0.267. The Labute approximate surface area is 103 Å². The molecule has 0 aliphatic rings. The van der Waals surface area contributed by atoms with Crippen LogP contribution in [0.2, 0.25) is 0 Å². The number of ketones is 1. The molecular formula is C15H18O2. The van der Waals surface area contributed by atoms with Crippen molar-refractivity contribution in [2.75, 3.05) is 6.61 Å². The lowest BCUT2D eigenvalue weighted by molar-refractivity contribution is -0.115. The lowest BCUT2D eigenvalue weighted by Crippen LogP contribution is -2.07. The van der Waals surface area contributed by atoms with Gasteiger partial charge in [0.2, 0.25) is 5.78 Å². The van der Waals surface area contributed by atoms with Crippen LogP contribution in [0.25, 0.3) is 6.08 Å². The zero-order valence-corrected chi connectivity index (χ0v) is 10.4. The molecule has 0 N–H and O–H groups in total. The zero-order valence-electron chi connectivity index (χ0n) is 10.4. The van der Waals surface area contributed by atoms with Gasteiger partial charge in [0.05, 0.1) is 6.61 Å². The first-order valence-corrected chi connectivity index (χ1v) is 5.75. The Bertz CT molecular complexity index is 416. The summed E-state index contributed by atoms with van der Waals surface area (Å²) in [6.07, 6.45) is 2.70. The van der Waals surface area contributed by atoms with Crippen molar-refractivity contribution in [3.8, 4) is 0 Å². The van der Waals surface area contributed by atoms with E-state index in [9.17, 15) is 4.79 Å². The number of benzene rings is 1. The van der Waals surface area contributed by atoms with Crippen molar-refractivity contribution in [1.82, 2.24) is 0 Å². The van der Waals surface area contributed by atoms with Crippen LogP contribution in [0.3, 0.4) is 0 Å². The fourth-order valence-electron chi connectivity index (χ4n) is 1.38. The maximum absolute atomic E-state index is 11.9. The molecule has 2 nitrogen and oxygen atoms in total. The average Bonchev–Trinajstić information content (AvgIpc) is 2.36. The largest absolute Gasteiger partial charge is 0.490 e. The summed E-state index contributed by atoms with van der Waals surface area (Å²) >= 11 is 0. The molecule has 0 amide bonds. The molecule has 1 aromatic rings. The summed E-state index contributed by atoms with van der Waals surface area (Å²) in [5.74, 6) is 0.0823. The van der Waals surface area contributed by atoms with Crippen molar-refractivity contribution in [2.45, 2.75) is 20.3 Å². The first-order chi connectivity index (χ1) is 8.15. The predicted molar refractivity (Wildman–Crippen MR) is 70.5 cm³/mol. The molecule has 0 saturated carbocycles. The van der Waals surface area contributed by atoms with E-state index in [2.05, 4.69) is 6.58 Å². The Hall–Kier alpha value is -1.83. The first kappa shape index (κ1) is 13.2. The maximum Gasteiger partial charge on any atom is 0.222 e. The van der Waals surface area contributed by atoms with E-state index in [1.165, 1.54) is 0 Å². The Balaban J connectivity index is 2.70. The average molecular weight is 230 g/mol. The maximum atomic E-state index is 11.9. The molecular weight excluding hydrogens is 212 g/mol. The molecule has 0 aliphatic heterocycles. The van der Waals surface area contributed by atoms with Gasteiger partial charge in [0.25, 0.3) is 0 Å². The minimum atomic E-state index is -0.137. The number of Topliss-reactive ketones (excluding diaryl/α,β-unsaturated/α-hetero) is 1. The number of rotatable bonds is 6. The summed E-state index contributed by atoms with van der Waals surface area (Å²) in [5.41, 5.74) is 1.64. The number of hydrogen-bond donors (Lipinski definition) is 0. The van der Waals surface area contributed by atoms with E-state index in [0.29, 0.717) is 12.2 Å². The fourth-order valence-corrected chi connectivity index (χ4v) is 1.38. The SMILES string of the molecule is C=C(OCCC)C(=O)/C(C)=C/c1ccccc1. The van der Waals surface area contributed by atoms with Gasteiger partial charge in [0.15, 0.2) is 5.76 Å². The molecule has 1 rings (SSSR count). The predicted octanol–water partition coefficient (Wildman–Crippen LogP) is 3.60. The van der Waals surface area contributed by atoms with Crippen LogP contribution < -0.4 is 0 Å². The monoisotopic (exact) mass is 230 g/mol. The Morgan fingerprint density at radius 2 is 2.00 bits per heavy atom. The molecule has 2 heteroatoms. The third kappa shape index (κ3) is 4.27. The highest BCUT2D eigenvalue weighted by atomic mass is 16.5. The standard InChI is InChI=1S/C15H18O2/c1-4-10-17-13(3)15(16)12(2)11-14-8-6-5-7-9-14/h5-9,11H,3-4,10H2,1-2H3/b12-11+. The third-order valence-corrected chi connectivity index (χ3v) is 2.27. The van der Waals surface area contributed by atoms with Gasteiger partial charge in [0.1, 0.15) is 0 Å². The van der Waals surface area contributed by atoms with E-state index < -0.39 is 0 Å². The molecule has 0 radical (unpaired) electrons. The zero-order chi connectivity index (χ0) is 12.7. The van der Waals surface area contributed by atoms with E-state index in [0.717, 1.165) is 12.0 Å². The normalized spacial score (nSPS) is 11.1. The molecule has 90 valence electrons. The van der Waals surface area contributed by atoms with Gasteiger partial charge in [0, 0.05) is 5.57 Å². The van der Waals surface area contributed by atoms with Crippen molar-refractivity contribution in [3.05, 3.63) is 53.8 Å². The highest BCUT2D eigenvalue weighted by Crippen LogP contribution is 2.11. The van der Waals surface area contributed by atoms with Gasteiger partial charge in [-0.25, -0.2) is 0 Å². The van der Waals surface area contributed by atoms with Gasteiger partial charge < -0.3 is 4.74 Å². The summed E-state index contributed by atoms with van der Waals surface area (Å²) in [5, 5.41) is 0. The third-order valence-electron chi connectivity index (χ3n) is 2.27. The summed E-state index contributed by atoms with van der Waals surface area (Å²) in [4.78, 5) is 11.9. The van der Waals surface area contributed by atoms with Crippen molar-refractivity contribution < 1.29 is 9.53 Å². The summed E-state index contributed by atoms with van der Waals surface area (Å²) in [7, 11) is 0. The second kappa shape index (κ2) is 6.69. The molecule has 0 fully saturated rings. The molecule has 0 unspecified atom stereocenters. The molecule has 1 aromatic carbocycles. The molecule has 0 saturated heterocycles. The summed E-state index contributed by atoms with van der Waals surface area (Å²) < 4.78 is 5.23. The van der Waals surface area contributed by atoms with Crippen LogP contribution in [-0.2, 0) is 9.53 Å². The molecule has 0 bridgehead atoms. The van der Waals surface area contributed by atoms with Gasteiger partial charge in [-0.3, -0.25) is 4.79 Å². The van der Waals surface area contributed by atoms with Gasteiger partial charge in [-0.05, 0) is 25.0 Å². The van der Waals surface area contributed by atoms with Gasteiger partial charge in [-0.2, -0.15) is 0 Å². The molecule has 0 heterocycles. The highest BCUT2D eigenvalue weighted by Gasteiger charge is 2.10. The van der Waals surface area contributed by atoms with Crippen LogP contribution in [0, 0.1) is 0 Å². The molecule has 0 atom stereocenters. The van der Waals surface area contributed by atoms with Crippen molar-refractivity contribution in [2.24, 2.45) is 0 Å². The summed E-state index contributed by atoms with van der Waals surface area (Å²) in [6, 6.07) is 9.72. The quantitative estimate of drug-likeness (QED) is 0.551. The van der Waals surface area contributed by atoms with Crippen LogP contribution >= 0.6 is 0 Å². The van der Waals surface area contributed by atoms with Gasteiger partial charge in [-0.15, -0.1) is 0 Å². The number of ether oxygens (including phenoxy) is 1. The van der Waals surface area contributed by atoms with E-state index in [4.69, 9.17) is 4.74 Å². The Kier molecular flexibility index (Phi) is 5.21. The minimum Gasteiger partial charge on any atom is -0.490 e. The number of allylic oxidation sites excluding steroid dienone is 1. The lowest BCUT2D eigenvalue weighted by atomic mass is 10.1. The Morgan fingerprint density at radius 1 is 1.35 bits per heavy atom. The molecule has 0 aliphatic carbocycles. The number of carbonyl (C=O) groups is 1. The topological polar surface area (TPSA) is 26.3 Å². The second-order valence-corrected chi connectivity index (χ2v) is 3.84. The van der Waals surface area contributed by atoms with Crippen LogP contribution in [0.1, 0.15) is 25.8 Å². The van der Waals surface area contributed by atoms with Crippen molar-refractivity contribution in [1.29, 1.82) is 0 Å². The summed E-state index contributed by atoms with van der Waals surface area (Å²) in [6.45, 7) is 7.94. The lowest BCUT2D eigenvalue weighted by Gasteiger charge is -2.07. The van der Waals surface area contributed by atoms with Gasteiger partial charge in [-0.1, -0.05) is 43.8 Å². The van der Waals surface area contributed by atoms with Crippen LogP contribution in [0.4, 0.5) is 0 Å². The van der Waals surface area contributed by atoms with E-state index in [1.54, 1.807) is 6.92 Å². The van der Waals surface area contributed by atoms with Gasteiger partial charge >= 0.3 is 0 Å². The molecule has 0 aromatic heterocycles. The molecule has 0 spiro atoms. The van der Waals surface area contributed by atoms with E-state index >= 15 is 0 Å². The van der Waals surface area contributed by atoms with Crippen LogP contribution in [0.5, 0.6) is 0 Å². The number of hydrogen-bond acceptors (Lipinski definition) is 2.